The summed E-state index contributed by atoms with van der Waals surface area (Å²) in [7, 11) is 0. The summed E-state index contributed by atoms with van der Waals surface area (Å²) >= 11 is 0. The SMILES string of the molecule is C=C(C)CCCC.C=C(NCCCC)C1C=C(CC(=C)C2CCC(C3CC3)=N2)C(CCCCCCC)=CC1.Cc1cccnc1C. The summed E-state index contributed by atoms with van der Waals surface area (Å²) in [4.78, 5) is 9.16. The van der Waals surface area contributed by atoms with Crippen LogP contribution in [-0.4, -0.2) is 23.3 Å². The van der Waals surface area contributed by atoms with Crippen molar-refractivity contribution in [2.75, 3.05) is 6.54 Å². The molecule has 0 spiro atoms. The van der Waals surface area contributed by atoms with E-state index in [4.69, 9.17) is 4.99 Å². The summed E-state index contributed by atoms with van der Waals surface area (Å²) in [6, 6.07) is 4.36. The van der Waals surface area contributed by atoms with Crippen molar-refractivity contribution >= 4 is 5.71 Å². The van der Waals surface area contributed by atoms with Crippen LogP contribution in [0.15, 0.2) is 83.2 Å². The summed E-state index contributed by atoms with van der Waals surface area (Å²) in [6.07, 6.45) is 28.2. The van der Waals surface area contributed by atoms with E-state index in [0.29, 0.717) is 12.0 Å². The van der Waals surface area contributed by atoms with E-state index in [0.717, 1.165) is 31.0 Å². The van der Waals surface area contributed by atoms with Gasteiger partial charge in [0, 0.05) is 35.8 Å². The highest BCUT2D eigenvalue weighted by atomic mass is 14.9. The number of aliphatic imine (C=N–C) groups is 1. The van der Waals surface area contributed by atoms with Crippen LogP contribution < -0.4 is 5.32 Å². The molecule has 1 fully saturated rings. The zero-order valence-electron chi connectivity index (χ0n) is 30.9. The molecule has 4 rings (SSSR count). The lowest BCUT2D eigenvalue weighted by Crippen LogP contribution is -2.21. The van der Waals surface area contributed by atoms with Gasteiger partial charge in [0.2, 0.25) is 0 Å². The standard InChI is InChI=1S/C29H46N2.C7H9N.C7H14/c1-5-7-9-10-11-12-24-13-16-26(23(4)30-19-8-6-2)21-27(24)20-22(3)28-17-18-29(31-28)25-14-15-25;1-6-4-3-5-8-7(6)2;1-4-5-6-7(2)3/h13,21,25-26,28,30H,3-12,14-20H2,1-2H3;3-5H,1-2H3;2,4-6H2,1,3H3. The number of pyridine rings is 1. The van der Waals surface area contributed by atoms with Crippen molar-refractivity contribution < 1.29 is 0 Å². The Hall–Kier alpha value is -2.68. The van der Waals surface area contributed by atoms with Gasteiger partial charge in [0.15, 0.2) is 0 Å². The van der Waals surface area contributed by atoms with Crippen LogP contribution in [0.2, 0.25) is 0 Å². The first kappa shape index (κ1) is 39.5. The first-order valence-corrected chi connectivity index (χ1v) is 18.8. The fourth-order valence-electron chi connectivity index (χ4n) is 6.01. The number of unbranched alkanes of at least 4 members (excludes halogenated alkanes) is 6. The number of rotatable bonds is 18. The lowest BCUT2D eigenvalue weighted by molar-refractivity contribution is 0.610. The fraction of sp³-hybridized carbons (Fsp3) is 0.628. The number of aromatic nitrogens is 1. The molecule has 3 heteroatoms. The first-order chi connectivity index (χ1) is 22.2. The molecule has 256 valence electrons. The number of hydrogen-bond donors (Lipinski definition) is 1. The third kappa shape index (κ3) is 15.7. The molecule has 1 aromatic rings. The number of allylic oxidation sites excluding steroid dienone is 5. The molecule has 3 nitrogen and oxygen atoms in total. The zero-order chi connectivity index (χ0) is 33.7. The van der Waals surface area contributed by atoms with Crippen LogP contribution in [0.1, 0.15) is 148 Å². The fourth-order valence-corrected chi connectivity index (χ4v) is 6.01. The molecule has 1 N–H and O–H groups in total. The van der Waals surface area contributed by atoms with Gasteiger partial charge in [-0.05, 0) is 126 Å². The van der Waals surface area contributed by atoms with Crippen molar-refractivity contribution in [3.05, 3.63) is 89.5 Å². The second kappa shape index (κ2) is 22.8. The molecule has 0 aromatic carbocycles. The smallest absolute Gasteiger partial charge is 0.0712 e. The highest BCUT2D eigenvalue weighted by molar-refractivity contribution is 5.90. The minimum atomic E-state index is 0.355. The highest BCUT2D eigenvalue weighted by Gasteiger charge is 2.32. The van der Waals surface area contributed by atoms with E-state index in [2.05, 4.69) is 82.9 Å². The van der Waals surface area contributed by atoms with E-state index in [-0.39, 0.29) is 0 Å². The van der Waals surface area contributed by atoms with E-state index in [1.54, 1.807) is 5.57 Å². The van der Waals surface area contributed by atoms with Gasteiger partial charge in [0.05, 0.1) is 6.04 Å². The maximum Gasteiger partial charge on any atom is 0.0712 e. The van der Waals surface area contributed by atoms with Crippen LogP contribution in [0, 0.1) is 25.7 Å². The molecular formula is C43H69N3. The van der Waals surface area contributed by atoms with Crippen molar-refractivity contribution in [1.29, 1.82) is 0 Å². The van der Waals surface area contributed by atoms with E-state index < -0.39 is 0 Å². The molecule has 2 heterocycles. The van der Waals surface area contributed by atoms with Gasteiger partial charge in [-0.2, -0.15) is 0 Å². The van der Waals surface area contributed by atoms with Crippen LogP contribution in [0.5, 0.6) is 0 Å². The summed E-state index contributed by atoms with van der Waals surface area (Å²) in [6.45, 7) is 26.6. The lowest BCUT2D eigenvalue weighted by atomic mass is 9.83. The van der Waals surface area contributed by atoms with Gasteiger partial charge in [-0.3, -0.25) is 9.98 Å². The van der Waals surface area contributed by atoms with Crippen molar-refractivity contribution in [1.82, 2.24) is 10.3 Å². The number of nitrogens with one attached hydrogen (secondary N) is 1. The van der Waals surface area contributed by atoms with Crippen molar-refractivity contribution in [3.63, 3.8) is 0 Å². The Labute approximate surface area is 285 Å². The van der Waals surface area contributed by atoms with Gasteiger partial charge in [-0.25, -0.2) is 0 Å². The molecule has 1 aromatic heterocycles. The van der Waals surface area contributed by atoms with E-state index in [1.165, 1.54) is 130 Å². The Morgan fingerprint density at radius 2 is 1.61 bits per heavy atom. The normalized spacial score (nSPS) is 18.6. The molecule has 0 bridgehead atoms. The van der Waals surface area contributed by atoms with Crippen LogP contribution in [0.3, 0.4) is 0 Å². The van der Waals surface area contributed by atoms with Crippen LogP contribution in [0.25, 0.3) is 0 Å². The first-order valence-electron chi connectivity index (χ1n) is 18.8. The molecular weight excluding hydrogens is 558 g/mol. The maximum absolute atomic E-state index is 5.08. The Balaban J connectivity index is 0.000000402. The average molecular weight is 628 g/mol. The van der Waals surface area contributed by atoms with Gasteiger partial charge in [0.1, 0.15) is 0 Å². The van der Waals surface area contributed by atoms with Crippen molar-refractivity contribution in [2.24, 2.45) is 16.8 Å². The topological polar surface area (TPSA) is 37.3 Å². The van der Waals surface area contributed by atoms with Gasteiger partial charge in [0.25, 0.3) is 0 Å². The third-order valence-corrected chi connectivity index (χ3v) is 9.47. The predicted molar refractivity (Wildman–Crippen MR) is 205 cm³/mol. The quantitative estimate of drug-likeness (QED) is 0.130. The summed E-state index contributed by atoms with van der Waals surface area (Å²) in [5.74, 6) is 1.23. The summed E-state index contributed by atoms with van der Waals surface area (Å²) in [5, 5.41) is 3.58. The lowest BCUT2D eigenvalue weighted by Gasteiger charge is -2.26. The van der Waals surface area contributed by atoms with Gasteiger partial charge >= 0.3 is 0 Å². The summed E-state index contributed by atoms with van der Waals surface area (Å²) in [5.41, 5.74) is 10.8. The third-order valence-electron chi connectivity index (χ3n) is 9.47. The van der Waals surface area contributed by atoms with Gasteiger partial charge in [-0.1, -0.05) is 96.2 Å². The van der Waals surface area contributed by atoms with E-state index in [1.807, 2.05) is 19.2 Å². The molecule has 1 aliphatic heterocycles. The molecule has 2 atom stereocenters. The average Bonchev–Trinajstić information content (AvgIpc) is 3.78. The van der Waals surface area contributed by atoms with Crippen molar-refractivity contribution in [3.8, 4) is 0 Å². The second-order valence-electron chi connectivity index (χ2n) is 14.0. The Morgan fingerprint density at radius 1 is 0.891 bits per heavy atom. The second-order valence-corrected chi connectivity index (χ2v) is 14.0. The molecule has 0 radical (unpaired) electrons. The highest BCUT2D eigenvalue weighted by Crippen LogP contribution is 2.39. The maximum atomic E-state index is 5.08. The monoisotopic (exact) mass is 628 g/mol. The molecule has 1 saturated carbocycles. The molecule has 46 heavy (non-hydrogen) atoms. The van der Waals surface area contributed by atoms with Gasteiger partial charge < -0.3 is 5.32 Å². The van der Waals surface area contributed by atoms with Crippen molar-refractivity contribution in [2.45, 2.75) is 157 Å². The van der Waals surface area contributed by atoms with Crippen LogP contribution in [-0.2, 0) is 0 Å². The largest absolute Gasteiger partial charge is 0.388 e. The Morgan fingerprint density at radius 3 is 2.20 bits per heavy atom. The summed E-state index contributed by atoms with van der Waals surface area (Å²) < 4.78 is 0. The number of nitrogens with zero attached hydrogens (tertiary/aromatic N) is 2. The minimum absolute atomic E-state index is 0.355. The molecule has 2 aliphatic carbocycles. The minimum Gasteiger partial charge on any atom is -0.388 e. The van der Waals surface area contributed by atoms with Crippen LogP contribution >= 0.6 is 0 Å². The molecule has 0 saturated heterocycles. The van der Waals surface area contributed by atoms with Crippen LogP contribution in [0.4, 0.5) is 0 Å². The molecule has 2 unspecified atom stereocenters. The zero-order valence-corrected chi connectivity index (χ0v) is 30.9. The Bertz CT molecular complexity index is 1140. The predicted octanol–water partition coefficient (Wildman–Crippen LogP) is 12.5. The number of hydrogen-bond acceptors (Lipinski definition) is 3. The van der Waals surface area contributed by atoms with E-state index >= 15 is 0 Å². The number of aryl methyl sites for hydroxylation is 2. The Kier molecular flexibility index (Phi) is 19.6. The van der Waals surface area contributed by atoms with E-state index in [9.17, 15) is 0 Å². The molecule has 3 aliphatic rings. The molecule has 0 amide bonds. The van der Waals surface area contributed by atoms with Gasteiger partial charge in [-0.15, -0.1) is 6.58 Å².